The maximum atomic E-state index is 12.4. The number of azo groups is 1. The molecule has 25 heteroatoms. The van der Waals surface area contributed by atoms with Gasteiger partial charge in [0.25, 0.3) is 30.4 Å². The molecular weight excluding hydrogens is 804 g/mol. The minimum Gasteiger partial charge on any atom is -0.507 e. The van der Waals surface area contributed by atoms with E-state index in [2.05, 4.69) is 42.4 Å². The molecular formula is C28H23ClN8O12S4. The summed E-state index contributed by atoms with van der Waals surface area (Å²) < 4.78 is 125. The van der Waals surface area contributed by atoms with Crippen molar-refractivity contribution in [2.24, 2.45) is 10.2 Å². The molecule has 0 bridgehead atoms. The number of nitrogen functional groups attached to an aromatic ring is 1. The Balaban J connectivity index is 1.51. The van der Waals surface area contributed by atoms with Gasteiger partial charge in [0.2, 0.25) is 17.2 Å². The normalized spacial score (nSPS) is 12.6. The first-order valence-corrected chi connectivity index (χ1v) is 20.4. The van der Waals surface area contributed by atoms with Crippen LogP contribution in [-0.2, 0) is 45.9 Å². The van der Waals surface area contributed by atoms with Gasteiger partial charge in [-0.25, -0.2) is 8.42 Å². The number of aromatic hydroxyl groups is 1. The van der Waals surface area contributed by atoms with Crippen molar-refractivity contribution in [2.45, 2.75) is 20.4 Å². The van der Waals surface area contributed by atoms with E-state index < -0.39 is 78.4 Å². The number of aromatic nitrogens is 3. The summed E-state index contributed by atoms with van der Waals surface area (Å²) in [6.45, 7) is 3.27. The molecule has 0 unspecified atom stereocenters. The highest BCUT2D eigenvalue weighted by atomic mass is 35.5. The first-order valence-electron chi connectivity index (χ1n) is 14.0. The Morgan fingerprint density at radius 2 is 1.36 bits per heavy atom. The third kappa shape index (κ3) is 9.00. The molecule has 1 aromatic heterocycles. The van der Waals surface area contributed by atoms with E-state index >= 15 is 0 Å². The Hall–Kier alpha value is -5.34. The number of halogens is 1. The predicted molar refractivity (Wildman–Crippen MR) is 191 cm³/mol. The largest absolute Gasteiger partial charge is 0.507 e. The van der Waals surface area contributed by atoms with E-state index in [1.54, 1.807) is 0 Å². The molecule has 1 heterocycles. The molecule has 0 fully saturated rings. The summed E-state index contributed by atoms with van der Waals surface area (Å²) in [6.07, 6.45) is 0. The lowest BCUT2D eigenvalue weighted by molar-refractivity contribution is 0.459. The number of hydrogen-bond acceptors (Lipinski definition) is 17. The van der Waals surface area contributed by atoms with Gasteiger partial charge in [0.1, 0.15) is 32.7 Å². The Kier molecular flexibility index (Phi) is 10.4. The van der Waals surface area contributed by atoms with Crippen molar-refractivity contribution in [1.29, 1.82) is 0 Å². The molecule has 0 saturated carbocycles. The van der Waals surface area contributed by atoms with Gasteiger partial charge < -0.3 is 21.5 Å². The van der Waals surface area contributed by atoms with Crippen molar-refractivity contribution in [3.05, 3.63) is 83.5 Å². The van der Waals surface area contributed by atoms with E-state index in [0.29, 0.717) is 5.69 Å². The molecule has 5 rings (SSSR count). The Morgan fingerprint density at radius 1 is 0.774 bits per heavy atom. The van der Waals surface area contributed by atoms with Gasteiger partial charge in [-0.15, -0.1) is 10.2 Å². The van der Waals surface area contributed by atoms with Gasteiger partial charge in [0.15, 0.2) is 9.84 Å². The standard InChI is InChI=1S/C28H23ClN8O12S4/c1-2-50(39,40)17-7-4-15(5-8-17)31-27-33-26(29)34-28(35-27)32-16-6-10-20(22(12-16)53(47,48)49)36-37-24-19(30)9-3-14-11-21(52(44,45)46)18(13-51(41,42)43)25(38)23(14)24/h2-12,38H,1,13,30H2,(H,41,42,43)(H,44,45,46)(H,47,48,49)(H2,31,32,33,34,35). The lowest BCUT2D eigenvalue weighted by atomic mass is 10.0. The summed E-state index contributed by atoms with van der Waals surface area (Å²) in [5.41, 5.74) is 4.29. The molecule has 0 saturated heterocycles. The highest BCUT2D eigenvalue weighted by Crippen LogP contribution is 2.44. The minimum absolute atomic E-state index is 0.00970. The molecule has 20 nitrogen and oxygen atoms in total. The van der Waals surface area contributed by atoms with Crippen molar-refractivity contribution in [2.75, 3.05) is 16.4 Å². The van der Waals surface area contributed by atoms with Gasteiger partial charge in [0.05, 0.1) is 16.0 Å². The third-order valence-electron chi connectivity index (χ3n) is 6.97. The molecule has 0 aliphatic heterocycles. The van der Waals surface area contributed by atoms with Crippen LogP contribution in [0.15, 0.2) is 97.6 Å². The summed E-state index contributed by atoms with van der Waals surface area (Å²) in [6, 6.07) is 11.9. The summed E-state index contributed by atoms with van der Waals surface area (Å²) in [5.74, 6) is -2.83. The van der Waals surface area contributed by atoms with Crippen LogP contribution in [0.5, 0.6) is 5.75 Å². The van der Waals surface area contributed by atoms with Gasteiger partial charge in [-0.2, -0.15) is 40.2 Å². The number of sulfone groups is 1. The zero-order chi connectivity index (χ0) is 39.1. The Labute approximate surface area is 305 Å². The topological polar surface area (TPSA) is 331 Å². The average molecular weight is 827 g/mol. The zero-order valence-corrected chi connectivity index (χ0v) is 30.2. The van der Waals surface area contributed by atoms with Crippen molar-refractivity contribution in [1.82, 2.24) is 15.0 Å². The lowest BCUT2D eigenvalue weighted by Gasteiger charge is -2.14. The van der Waals surface area contributed by atoms with Gasteiger partial charge >= 0.3 is 0 Å². The van der Waals surface area contributed by atoms with E-state index in [-0.39, 0.29) is 44.2 Å². The van der Waals surface area contributed by atoms with Crippen molar-refractivity contribution < 1.29 is 52.4 Å². The van der Waals surface area contributed by atoms with E-state index in [1.165, 1.54) is 42.5 Å². The molecule has 53 heavy (non-hydrogen) atoms. The lowest BCUT2D eigenvalue weighted by Crippen LogP contribution is -2.09. The number of hydrogen-bond donors (Lipinski definition) is 7. The molecule has 0 aliphatic carbocycles. The summed E-state index contributed by atoms with van der Waals surface area (Å²) >= 11 is 6.04. The fraction of sp³-hybridized carbons (Fsp3) is 0.0357. The van der Waals surface area contributed by atoms with Crippen LogP contribution in [0.2, 0.25) is 5.28 Å². The van der Waals surface area contributed by atoms with Gasteiger partial charge in [-0.05, 0) is 71.6 Å². The van der Waals surface area contributed by atoms with E-state index in [4.69, 9.17) is 17.3 Å². The molecule has 0 aliphatic rings. The number of nitrogens with zero attached hydrogens (tertiary/aromatic N) is 5. The van der Waals surface area contributed by atoms with Gasteiger partial charge in [-0.3, -0.25) is 13.7 Å². The molecule has 0 amide bonds. The minimum atomic E-state index is -5.14. The molecule has 0 atom stereocenters. The number of nitrogens with one attached hydrogen (secondary N) is 2. The predicted octanol–water partition coefficient (Wildman–Crippen LogP) is 4.67. The number of anilines is 5. The molecule has 0 spiro atoms. The number of fused-ring (bicyclic) bond motifs is 1. The summed E-state index contributed by atoms with van der Waals surface area (Å²) in [7, 11) is -18.8. The number of rotatable bonds is 12. The van der Waals surface area contributed by atoms with Crippen LogP contribution in [-0.4, -0.2) is 67.4 Å². The van der Waals surface area contributed by atoms with Gasteiger partial charge in [-0.1, -0.05) is 12.6 Å². The monoisotopic (exact) mass is 826 g/mol. The second kappa shape index (κ2) is 14.2. The third-order valence-corrected chi connectivity index (χ3v) is 11.0. The molecule has 8 N–H and O–H groups in total. The Morgan fingerprint density at radius 3 is 1.92 bits per heavy atom. The van der Waals surface area contributed by atoms with E-state index in [1.807, 2.05) is 0 Å². The second-order valence-electron chi connectivity index (χ2n) is 10.6. The highest BCUT2D eigenvalue weighted by Gasteiger charge is 2.27. The smallest absolute Gasteiger partial charge is 0.296 e. The van der Waals surface area contributed by atoms with Crippen LogP contribution in [0.4, 0.5) is 40.3 Å². The van der Waals surface area contributed by atoms with Crippen LogP contribution in [0.1, 0.15) is 5.56 Å². The van der Waals surface area contributed by atoms with Gasteiger partial charge in [0, 0.05) is 22.3 Å². The van der Waals surface area contributed by atoms with Crippen LogP contribution >= 0.6 is 11.6 Å². The summed E-state index contributed by atoms with van der Waals surface area (Å²) in [5, 5.41) is 24.2. The quantitative estimate of drug-likeness (QED) is 0.0510. The van der Waals surface area contributed by atoms with Crippen LogP contribution < -0.4 is 16.4 Å². The van der Waals surface area contributed by atoms with Crippen LogP contribution in [0.3, 0.4) is 0 Å². The fourth-order valence-corrected chi connectivity index (χ4v) is 7.70. The van der Waals surface area contributed by atoms with E-state index in [9.17, 15) is 52.4 Å². The summed E-state index contributed by atoms with van der Waals surface area (Å²) in [4.78, 5) is 10.1. The molecule has 5 aromatic rings. The SMILES string of the molecule is C=CS(=O)(=O)c1ccc(Nc2nc(Cl)nc(Nc3ccc(N=Nc4c(N)ccc5cc(S(=O)(=O)O)c(CS(=O)(=O)O)c(O)c45)c(S(=O)(=O)O)c3)n2)cc1. The van der Waals surface area contributed by atoms with Crippen molar-refractivity contribution >= 4 is 103 Å². The van der Waals surface area contributed by atoms with Crippen molar-refractivity contribution in [3.63, 3.8) is 0 Å². The average Bonchev–Trinajstić information content (AvgIpc) is 3.04. The molecule has 0 radical (unpaired) electrons. The number of phenols is 1. The first-order chi connectivity index (χ1) is 24.6. The van der Waals surface area contributed by atoms with E-state index in [0.717, 1.165) is 23.6 Å². The van der Waals surface area contributed by atoms with Crippen molar-refractivity contribution in [3.8, 4) is 5.75 Å². The maximum absolute atomic E-state index is 12.4. The first kappa shape index (κ1) is 38.9. The number of nitrogens with two attached hydrogens (primary N) is 1. The zero-order valence-electron chi connectivity index (χ0n) is 26.1. The number of phenolic OH excluding ortho intramolecular Hbond substituents is 1. The second-order valence-corrected chi connectivity index (χ2v) is 17.1. The Bertz CT molecular complexity index is 2800. The van der Waals surface area contributed by atoms with Crippen LogP contribution in [0.25, 0.3) is 10.8 Å². The highest BCUT2D eigenvalue weighted by molar-refractivity contribution is 7.94. The molecule has 4 aromatic carbocycles. The molecule has 278 valence electrons. The number of benzene rings is 4. The fourth-order valence-electron chi connectivity index (χ4n) is 4.68. The van der Waals surface area contributed by atoms with Crippen LogP contribution in [0, 0.1) is 0 Å². The maximum Gasteiger partial charge on any atom is 0.296 e.